The summed E-state index contributed by atoms with van der Waals surface area (Å²) >= 11 is 1.55. The van der Waals surface area contributed by atoms with Gasteiger partial charge in [0, 0.05) is 0 Å². The Morgan fingerprint density at radius 3 is 2.88 bits per heavy atom. The molecule has 0 aliphatic rings. The lowest BCUT2D eigenvalue weighted by molar-refractivity contribution is 0.276. The minimum Gasteiger partial charge on any atom is -0.419 e. The predicted octanol–water partition coefficient (Wildman–Crippen LogP) is 2.67. The summed E-state index contributed by atoms with van der Waals surface area (Å²) in [4.78, 5) is 22.3. The average Bonchev–Trinajstić information content (AvgIpc) is 3.26. The number of hydrogen-bond acceptors (Lipinski definition) is 7. The second-order valence-electron chi connectivity index (χ2n) is 5.68. The van der Waals surface area contributed by atoms with Crippen molar-refractivity contribution in [3.8, 4) is 10.8 Å². The van der Waals surface area contributed by atoms with Crippen molar-refractivity contribution in [1.29, 1.82) is 0 Å². The lowest BCUT2D eigenvalue weighted by Gasteiger charge is -2.13. The van der Waals surface area contributed by atoms with E-state index < -0.39 is 0 Å². The van der Waals surface area contributed by atoms with Crippen LogP contribution < -0.4 is 5.56 Å². The van der Waals surface area contributed by atoms with Gasteiger partial charge in [-0.05, 0) is 30.6 Å². The van der Waals surface area contributed by atoms with Crippen LogP contribution in [0, 0.1) is 0 Å². The summed E-state index contributed by atoms with van der Waals surface area (Å²) in [5.41, 5.74) is 0.555. The number of fused-ring (bicyclic) bond motifs is 1. The fourth-order valence-corrected chi connectivity index (χ4v) is 3.21. The van der Waals surface area contributed by atoms with E-state index >= 15 is 0 Å². The average molecular weight is 353 g/mol. The molecule has 0 saturated heterocycles. The molecule has 7 nitrogen and oxygen atoms in total. The highest BCUT2D eigenvalue weighted by atomic mass is 32.1. The molecule has 1 N–H and O–H groups in total. The van der Waals surface area contributed by atoms with Crippen molar-refractivity contribution in [2.75, 3.05) is 7.05 Å². The Morgan fingerprint density at radius 1 is 1.16 bits per heavy atom. The molecular formula is C17H15N5O2S. The molecule has 0 aliphatic carbocycles. The van der Waals surface area contributed by atoms with Crippen molar-refractivity contribution >= 4 is 22.2 Å². The fourth-order valence-electron chi connectivity index (χ4n) is 2.57. The summed E-state index contributed by atoms with van der Waals surface area (Å²) in [6.07, 6.45) is 0. The summed E-state index contributed by atoms with van der Waals surface area (Å²) in [5.74, 6) is 1.65. The number of H-pyrrole nitrogens is 1. The van der Waals surface area contributed by atoms with Gasteiger partial charge >= 0.3 is 0 Å². The molecule has 3 heterocycles. The molecule has 3 aromatic heterocycles. The largest absolute Gasteiger partial charge is 0.419 e. The monoisotopic (exact) mass is 353 g/mol. The maximum Gasteiger partial charge on any atom is 0.258 e. The van der Waals surface area contributed by atoms with Gasteiger partial charge in [-0.3, -0.25) is 9.69 Å². The Bertz CT molecular complexity index is 1050. The van der Waals surface area contributed by atoms with Gasteiger partial charge in [-0.2, -0.15) is 0 Å². The first-order valence-electron chi connectivity index (χ1n) is 7.72. The molecule has 0 radical (unpaired) electrons. The molecule has 0 unspecified atom stereocenters. The van der Waals surface area contributed by atoms with Crippen LogP contribution in [0.1, 0.15) is 11.7 Å². The lowest BCUT2D eigenvalue weighted by atomic mass is 10.2. The van der Waals surface area contributed by atoms with Crippen molar-refractivity contribution in [1.82, 2.24) is 25.1 Å². The van der Waals surface area contributed by atoms with E-state index in [0.29, 0.717) is 41.6 Å². The first kappa shape index (κ1) is 15.7. The molecule has 0 amide bonds. The number of aromatic nitrogens is 4. The van der Waals surface area contributed by atoms with Crippen molar-refractivity contribution in [2.45, 2.75) is 13.1 Å². The Balaban J connectivity index is 1.49. The van der Waals surface area contributed by atoms with Gasteiger partial charge in [0.15, 0.2) is 0 Å². The van der Waals surface area contributed by atoms with Crippen LogP contribution in [0.15, 0.2) is 51.0 Å². The number of rotatable bonds is 5. The minimum atomic E-state index is -0.133. The van der Waals surface area contributed by atoms with E-state index in [1.807, 2.05) is 47.7 Å². The van der Waals surface area contributed by atoms with Crippen molar-refractivity contribution in [2.24, 2.45) is 0 Å². The molecule has 0 atom stereocenters. The standard InChI is InChI=1S/C17H15N5O2S/c1-22(10-15-20-21-17(24-15)13-7-4-8-25-13)9-14-18-12-6-3-2-5-11(12)16(23)19-14/h2-8H,9-10H2,1H3,(H,18,19,23). The third-order valence-corrected chi connectivity index (χ3v) is 4.54. The molecule has 0 spiro atoms. The van der Waals surface area contributed by atoms with Gasteiger partial charge in [0.05, 0.1) is 28.9 Å². The molecule has 0 aliphatic heterocycles. The fraction of sp³-hybridized carbons (Fsp3) is 0.176. The maximum absolute atomic E-state index is 12.1. The second kappa shape index (κ2) is 6.58. The summed E-state index contributed by atoms with van der Waals surface area (Å²) in [7, 11) is 1.91. The number of nitrogens with one attached hydrogen (secondary N) is 1. The first-order valence-corrected chi connectivity index (χ1v) is 8.60. The van der Waals surface area contributed by atoms with Crippen LogP contribution in [0.2, 0.25) is 0 Å². The van der Waals surface area contributed by atoms with Gasteiger partial charge < -0.3 is 9.40 Å². The summed E-state index contributed by atoms with van der Waals surface area (Å²) < 4.78 is 5.68. The summed E-state index contributed by atoms with van der Waals surface area (Å²) in [6.45, 7) is 0.936. The van der Waals surface area contributed by atoms with Crippen LogP contribution in [0.5, 0.6) is 0 Å². The highest BCUT2D eigenvalue weighted by Crippen LogP contribution is 2.23. The van der Waals surface area contributed by atoms with E-state index in [0.717, 1.165) is 4.88 Å². The summed E-state index contributed by atoms with van der Waals surface area (Å²) in [5, 5.41) is 10.7. The quantitative estimate of drug-likeness (QED) is 0.593. The number of nitrogens with zero attached hydrogens (tertiary/aromatic N) is 4. The Labute approximate surface area is 147 Å². The van der Waals surface area contributed by atoms with E-state index in [9.17, 15) is 4.79 Å². The highest BCUT2D eigenvalue weighted by Gasteiger charge is 2.12. The van der Waals surface area contributed by atoms with Crippen LogP contribution in [0.25, 0.3) is 21.7 Å². The van der Waals surface area contributed by atoms with E-state index in [1.165, 1.54) is 0 Å². The molecular weight excluding hydrogens is 338 g/mol. The van der Waals surface area contributed by atoms with E-state index in [-0.39, 0.29) is 5.56 Å². The third-order valence-electron chi connectivity index (χ3n) is 3.69. The van der Waals surface area contributed by atoms with Crippen LogP contribution in [-0.2, 0) is 13.1 Å². The zero-order chi connectivity index (χ0) is 17.2. The van der Waals surface area contributed by atoms with Crippen LogP contribution in [-0.4, -0.2) is 32.1 Å². The predicted molar refractivity (Wildman–Crippen MR) is 95.1 cm³/mol. The zero-order valence-electron chi connectivity index (χ0n) is 13.5. The van der Waals surface area contributed by atoms with Crippen LogP contribution in [0.3, 0.4) is 0 Å². The summed E-state index contributed by atoms with van der Waals surface area (Å²) in [6, 6.07) is 11.2. The number of thiophene rings is 1. The van der Waals surface area contributed by atoms with Crippen LogP contribution >= 0.6 is 11.3 Å². The van der Waals surface area contributed by atoms with Gasteiger partial charge in [0.1, 0.15) is 5.82 Å². The number of hydrogen-bond donors (Lipinski definition) is 1. The van der Waals surface area contributed by atoms with Crippen molar-refractivity contribution in [3.05, 3.63) is 63.8 Å². The SMILES string of the molecule is CN(Cc1nc2ccccc2c(=O)[nH]1)Cc1nnc(-c2cccs2)o1. The van der Waals surface area contributed by atoms with Gasteiger partial charge in [-0.25, -0.2) is 4.98 Å². The number of aromatic amines is 1. The molecule has 0 fully saturated rings. The Kier molecular flexibility index (Phi) is 4.12. The van der Waals surface area contributed by atoms with E-state index in [4.69, 9.17) is 4.42 Å². The van der Waals surface area contributed by atoms with Gasteiger partial charge in [0.25, 0.3) is 11.4 Å². The molecule has 0 bridgehead atoms. The topological polar surface area (TPSA) is 87.9 Å². The number of benzene rings is 1. The molecule has 4 aromatic rings. The van der Waals surface area contributed by atoms with Gasteiger partial charge in [0.2, 0.25) is 5.89 Å². The first-order chi connectivity index (χ1) is 12.2. The molecule has 25 heavy (non-hydrogen) atoms. The van der Waals surface area contributed by atoms with Crippen molar-refractivity contribution < 1.29 is 4.42 Å². The molecule has 8 heteroatoms. The van der Waals surface area contributed by atoms with E-state index in [2.05, 4.69) is 20.2 Å². The molecule has 126 valence electrons. The lowest BCUT2D eigenvalue weighted by Crippen LogP contribution is -2.22. The minimum absolute atomic E-state index is 0.133. The molecule has 1 aromatic carbocycles. The molecule has 4 rings (SSSR count). The Morgan fingerprint density at radius 2 is 2.04 bits per heavy atom. The van der Waals surface area contributed by atoms with Gasteiger partial charge in [-0.1, -0.05) is 18.2 Å². The van der Waals surface area contributed by atoms with Crippen molar-refractivity contribution in [3.63, 3.8) is 0 Å². The smallest absolute Gasteiger partial charge is 0.258 e. The highest BCUT2D eigenvalue weighted by molar-refractivity contribution is 7.13. The third kappa shape index (κ3) is 3.35. The van der Waals surface area contributed by atoms with E-state index in [1.54, 1.807) is 17.4 Å². The maximum atomic E-state index is 12.1. The Hall–Kier alpha value is -2.84. The normalized spacial score (nSPS) is 11.4. The molecule has 0 saturated carbocycles. The van der Waals surface area contributed by atoms with Crippen LogP contribution in [0.4, 0.5) is 0 Å². The second-order valence-corrected chi connectivity index (χ2v) is 6.63. The zero-order valence-corrected chi connectivity index (χ0v) is 14.3. The van der Waals surface area contributed by atoms with Gasteiger partial charge in [-0.15, -0.1) is 21.5 Å². The number of para-hydroxylation sites is 1.